The van der Waals surface area contributed by atoms with E-state index < -0.39 is 8.60 Å². The molecule has 0 fully saturated rings. The lowest BCUT2D eigenvalue weighted by Gasteiger charge is -2.16. The van der Waals surface area contributed by atoms with Gasteiger partial charge in [0.05, 0.1) is 19.8 Å². The van der Waals surface area contributed by atoms with Gasteiger partial charge in [-0.15, -0.1) is 0 Å². The van der Waals surface area contributed by atoms with Crippen molar-refractivity contribution >= 4 is 43.9 Å². The van der Waals surface area contributed by atoms with E-state index in [4.69, 9.17) is 13.6 Å². The molecule has 0 bridgehead atoms. The smallest absolute Gasteiger partial charge is 0.311 e. The van der Waals surface area contributed by atoms with Gasteiger partial charge in [0.15, 0.2) is 0 Å². The molecular formula is C12H27O3PS3. The Morgan fingerprint density at radius 2 is 0.947 bits per heavy atom. The van der Waals surface area contributed by atoms with Gasteiger partial charge in [0.2, 0.25) is 0 Å². The van der Waals surface area contributed by atoms with Crippen LogP contribution in [-0.2, 0) is 13.6 Å². The lowest BCUT2D eigenvalue weighted by molar-refractivity contribution is 0.179. The maximum Gasteiger partial charge on any atom is 0.332 e. The molecule has 0 aromatic heterocycles. The number of thioether (sulfide) groups is 3. The first-order valence-corrected chi connectivity index (χ1v) is 11.3. The molecule has 0 radical (unpaired) electrons. The van der Waals surface area contributed by atoms with Crippen molar-refractivity contribution in [2.45, 2.75) is 20.8 Å². The molecule has 0 aromatic rings. The quantitative estimate of drug-likeness (QED) is 0.320. The van der Waals surface area contributed by atoms with E-state index in [1.807, 2.05) is 35.3 Å². The standard InChI is InChI=1S/C12H27O3PS3/c1-4-17-10-7-13-16(14-8-11-18-5-2)15-9-12-19-6-3/h4-12H2,1-3H3. The molecule has 0 atom stereocenters. The second kappa shape index (κ2) is 17.4. The average molecular weight is 347 g/mol. The van der Waals surface area contributed by atoms with Crippen LogP contribution in [0, 0.1) is 0 Å². The second-order valence-electron chi connectivity index (χ2n) is 3.31. The maximum absolute atomic E-state index is 5.69. The van der Waals surface area contributed by atoms with Gasteiger partial charge < -0.3 is 13.6 Å². The zero-order valence-electron chi connectivity index (χ0n) is 12.3. The predicted molar refractivity (Wildman–Crippen MR) is 93.8 cm³/mol. The van der Waals surface area contributed by atoms with Gasteiger partial charge in [-0.1, -0.05) is 20.8 Å². The fraction of sp³-hybridized carbons (Fsp3) is 1.00. The lowest BCUT2D eigenvalue weighted by atomic mass is 10.9. The van der Waals surface area contributed by atoms with Crippen LogP contribution in [0.25, 0.3) is 0 Å². The minimum absolute atomic E-state index is 0.714. The van der Waals surface area contributed by atoms with E-state index in [2.05, 4.69) is 20.8 Å². The van der Waals surface area contributed by atoms with Crippen molar-refractivity contribution in [1.82, 2.24) is 0 Å². The van der Waals surface area contributed by atoms with Crippen LogP contribution in [0.3, 0.4) is 0 Å². The Balaban J connectivity index is 3.66. The van der Waals surface area contributed by atoms with Gasteiger partial charge in [-0.2, -0.15) is 35.3 Å². The third-order valence-electron chi connectivity index (χ3n) is 1.89. The lowest BCUT2D eigenvalue weighted by Crippen LogP contribution is -2.03. The summed E-state index contributed by atoms with van der Waals surface area (Å²) in [6.45, 7) is 8.61. The van der Waals surface area contributed by atoms with Crippen LogP contribution in [0.15, 0.2) is 0 Å². The molecule has 0 aromatic carbocycles. The summed E-state index contributed by atoms with van der Waals surface area (Å²) in [4.78, 5) is 0. The van der Waals surface area contributed by atoms with Crippen molar-refractivity contribution in [1.29, 1.82) is 0 Å². The van der Waals surface area contributed by atoms with E-state index >= 15 is 0 Å². The monoisotopic (exact) mass is 346 g/mol. The predicted octanol–water partition coefficient (Wildman–Crippen LogP) is 4.52. The molecule has 0 saturated carbocycles. The second-order valence-corrected chi connectivity index (χ2v) is 8.72. The van der Waals surface area contributed by atoms with E-state index in [1.54, 1.807) is 0 Å². The molecule has 0 spiro atoms. The Morgan fingerprint density at radius 1 is 0.632 bits per heavy atom. The van der Waals surface area contributed by atoms with Crippen LogP contribution in [0.1, 0.15) is 20.8 Å². The largest absolute Gasteiger partial charge is 0.332 e. The van der Waals surface area contributed by atoms with E-state index in [1.165, 1.54) is 0 Å². The van der Waals surface area contributed by atoms with Gasteiger partial charge in [-0.25, -0.2) is 0 Å². The summed E-state index contributed by atoms with van der Waals surface area (Å²) in [6, 6.07) is 0. The first-order valence-electron chi connectivity index (χ1n) is 6.77. The summed E-state index contributed by atoms with van der Waals surface area (Å²) in [5, 5.41) is 0. The third-order valence-corrected chi connectivity index (χ3v) is 5.66. The molecule has 0 saturated heterocycles. The molecular weight excluding hydrogens is 319 g/mol. The van der Waals surface area contributed by atoms with E-state index in [0.29, 0.717) is 19.8 Å². The molecule has 0 amide bonds. The molecule has 0 unspecified atom stereocenters. The normalized spacial score (nSPS) is 11.4. The van der Waals surface area contributed by atoms with Crippen molar-refractivity contribution < 1.29 is 13.6 Å². The van der Waals surface area contributed by atoms with Gasteiger partial charge in [0, 0.05) is 17.3 Å². The average Bonchev–Trinajstić information content (AvgIpc) is 2.43. The van der Waals surface area contributed by atoms with Crippen LogP contribution in [-0.4, -0.2) is 54.3 Å². The van der Waals surface area contributed by atoms with Crippen molar-refractivity contribution in [2.24, 2.45) is 0 Å². The highest BCUT2D eigenvalue weighted by Gasteiger charge is 2.12. The SMILES string of the molecule is CCSCCOP(OCCSCC)OCCSCC. The molecule has 116 valence electrons. The summed E-state index contributed by atoms with van der Waals surface area (Å²) in [5.74, 6) is 6.41. The Morgan fingerprint density at radius 3 is 1.21 bits per heavy atom. The minimum atomic E-state index is -1.15. The van der Waals surface area contributed by atoms with E-state index in [0.717, 1.165) is 34.5 Å². The molecule has 19 heavy (non-hydrogen) atoms. The molecule has 3 nitrogen and oxygen atoms in total. The Kier molecular flexibility index (Phi) is 18.7. The molecule has 0 aliphatic carbocycles. The van der Waals surface area contributed by atoms with Crippen LogP contribution in [0.4, 0.5) is 0 Å². The Bertz CT molecular complexity index is 150. The van der Waals surface area contributed by atoms with Gasteiger partial charge in [-0.05, 0) is 17.3 Å². The Labute approximate surface area is 132 Å². The fourth-order valence-corrected chi connectivity index (χ4v) is 3.84. The van der Waals surface area contributed by atoms with Gasteiger partial charge in [0.1, 0.15) is 0 Å². The summed E-state index contributed by atoms with van der Waals surface area (Å²) in [5.41, 5.74) is 0. The van der Waals surface area contributed by atoms with E-state index in [9.17, 15) is 0 Å². The zero-order chi connectivity index (χ0) is 14.2. The van der Waals surface area contributed by atoms with Gasteiger partial charge in [-0.3, -0.25) is 0 Å². The number of hydrogen-bond donors (Lipinski definition) is 0. The summed E-state index contributed by atoms with van der Waals surface area (Å²) >= 11 is 5.64. The topological polar surface area (TPSA) is 27.7 Å². The highest BCUT2D eigenvalue weighted by molar-refractivity contribution is 7.99. The molecule has 0 heterocycles. The molecule has 0 N–H and O–H groups in total. The molecule has 0 rings (SSSR count). The molecule has 7 heteroatoms. The summed E-state index contributed by atoms with van der Waals surface area (Å²) in [7, 11) is -1.15. The zero-order valence-corrected chi connectivity index (χ0v) is 15.6. The summed E-state index contributed by atoms with van der Waals surface area (Å²) < 4.78 is 17.1. The van der Waals surface area contributed by atoms with Gasteiger partial charge in [0.25, 0.3) is 0 Å². The third kappa shape index (κ3) is 15.6. The van der Waals surface area contributed by atoms with Gasteiger partial charge >= 0.3 is 8.60 Å². The summed E-state index contributed by atoms with van der Waals surface area (Å²) in [6.07, 6.45) is 0. The Hall–Kier alpha value is 1.36. The first kappa shape index (κ1) is 20.4. The van der Waals surface area contributed by atoms with Crippen molar-refractivity contribution in [3.63, 3.8) is 0 Å². The number of rotatable bonds is 15. The highest BCUT2D eigenvalue weighted by atomic mass is 32.2. The molecule has 0 aliphatic heterocycles. The van der Waals surface area contributed by atoms with Crippen molar-refractivity contribution in [2.75, 3.05) is 54.3 Å². The first-order chi connectivity index (χ1) is 9.35. The number of hydrogen-bond acceptors (Lipinski definition) is 6. The minimum Gasteiger partial charge on any atom is -0.311 e. The highest BCUT2D eigenvalue weighted by Crippen LogP contribution is 2.39. The van der Waals surface area contributed by atoms with Crippen LogP contribution >= 0.6 is 43.9 Å². The van der Waals surface area contributed by atoms with Crippen molar-refractivity contribution in [3.05, 3.63) is 0 Å². The van der Waals surface area contributed by atoms with Crippen molar-refractivity contribution in [3.8, 4) is 0 Å². The van der Waals surface area contributed by atoms with Crippen LogP contribution in [0.2, 0.25) is 0 Å². The van der Waals surface area contributed by atoms with Crippen LogP contribution in [0.5, 0.6) is 0 Å². The van der Waals surface area contributed by atoms with Crippen LogP contribution < -0.4 is 0 Å². The maximum atomic E-state index is 5.69. The van der Waals surface area contributed by atoms with E-state index in [-0.39, 0.29) is 0 Å². The fourth-order valence-electron chi connectivity index (χ4n) is 1.06. The molecule has 0 aliphatic rings.